The summed E-state index contributed by atoms with van der Waals surface area (Å²) in [6.07, 6.45) is 6.91. The third-order valence-electron chi connectivity index (χ3n) is 4.45. The molecule has 4 heteroatoms. The molecule has 126 valence electrons. The first-order valence-corrected chi connectivity index (χ1v) is 8.85. The number of pyridine rings is 1. The van der Waals surface area contributed by atoms with E-state index in [1.54, 1.807) is 4.68 Å². The lowest BCUT2D eigenvalue weighted by molar-refractivity contribution is 0.670. The number of hydrogen-bond donors (Lipinski definition) is 0. The van der Waals surface area contributed by atoms with Gasteiger partial charge in [-0.3, -0.25) is 9.48 Å². The third kappa shape index (κ3) is 2.77. The fourth-order valence-corrected chi connectivity index (χ4v) is 3.24. The van der Waals surface area contributed by atoms with Crippen molar-refractivity contribution in [2.24, 2.45) is 7.05 Å². The van der Waals surface area contributed by atoms with Gasteiger partial charge in [-0.2, -0.15) is 5.10 Å². The smallest absolute Gasteiger partial charge is 0.259 e. The topological polar surface area (TPSA) is 39.8 Å². The van der Waals surface area contributed by atoms with Gasteiger partial charge in [-0.15, -0.1) is 0 Å². The summed E-state index contributed by atoms with van der Waals surface area (Å²) in [6, 6.07) is 8.64. The van der Waals surface area contributed by atoms with Gasteiger partial charge in [0.25, 0.3) is 5.56 Å². The summed E-state index contributed by atoms with van der Waals surface area (Å²) in [7, 11) is 1.90. The largest absolute Gasteiger partial charge is 0.309 e. The minimum absolute atomic E-state index is 0.149. The average molecular weight is 323 g/mol. The van der Waals surface area contributed by atoms with Crippen molar-refractivity contribution in [3.05, 3.63) is 52.7 Å². The van der Waals surface area contributed by atoms with Crippen molar-refractivity contribution in [3.8, 4) is 11.1 Å². The van der Waals surface area contributed by atoms with Gasteiger partial charge < -0.3 is 4.57 Å². The maximum atomic E-state index is 13.1. The lowest BCUT2D eigenvalue weighted by Crippen LogP contribution is -2.23. The summed E-state index contributed by atoms with van der Waals surface area (Å²) < 4.78 is 3.79. The number of nitrogens with zero attached hydrogens (tertiary/aromatic N) is 3. The molecular weight excluding hydrogens is 298 g/mol. The highest BCUT2D eigenvalue weighted by atomic mass is 16.1. The van der Waals surface area contributed by atoms with E-state index in [2.05, 4.69) is 18.1 Å². The van der Waals surface area contributed by atoms with E-state index >= 15 is 0 Å². The SMILES string of the molecule is CC.CCc1cc2cccc(-c3cnn(C)c3)c2c(=O)n1C1CC1. The maximum absolute atomic E-state index is 13.1. The molecule has 1 fully saturated rings. The summed E-state index contributed by atoms with van der Waals surface area (Å²) in [4.78, 5) is 13.1. The van der Waals surface area contributed by atoms with Crippen molar-refractivity contribution in [1.29, 1.82) is 0 Å². The van der Waals surface area contributed by atoms with Crippen LogP contribution in [0, 0.1) is 0 Å². The fourth-order valence-electron chi connectivity index (χ4n) is 3.24. The predicted molar refractivity (Wildman–Crippen MR) is 99.4 cm³/mol. The van der Waals surface area contributed by atoms with Gasteiger partial charge in [0.15, 0.2) is 0 Å². The summed E-state index contributed by atoms with van der Waals surface area (Å²) in [5.41, 5.74) is 3.27. The van der Waals surface area contributed by atoms with Gasteiger partial charge >= 0.3 is 0 Å². The molecule has 0 unspecified atom stereocenters. The Hall–Kier alpha value is -2.36. The molecule has 4 rings (SSSR count). The predicted octanol–water partition coefficient (Wildman–Crippen LogP) is 4.33. The number of benzene rings is 1. The number of aryl methyl sites for hydroxylation is 2. The molecule has 2 aromatic heterocycles. The van der Waals surface area contributed by atoms with Crippen LogP contribution in [0.5, 0.6) is 0 Å². The maximum Gasteiger partial charge on any atom is 0.259 e. The number of hydrogen-bond acceptors (Lipinski definition) is 2. The van der Waals surface area contributed by atoms with Gasteiger partial charge in [0, 0.05) is 30.5 Å². The minimum Gasteiger partial charge on any atom is -0.309 e. The second-order valence-corrected chi connectivity index (χ2v) is 6.07. The fraction of sp³-hybridized carbons (Fsp3) is 0.400. The Morgan fingerprint density at radius 1 is 1.25 bits per heavy atom. The highest BCUT2D eigenvalue weighted by Gasteiger charge is 2.27. The molecular formula is C20H25N3O. The Balaban J connectivity index is 0.000000815. The van der Waals surface area contributed by atoms with Crippen LogP contribution in [-0.2, 0) is 13.5 Å². The zero-order valence-corrected chi connectivity index (χ0v) is 14.9. The minimum atomic E-state index is 0.149. The first-order valence-electron chi connectivity index (χ1n) is 8.85. The van der Waals surface area contributed by atoms with E-state index in [4.69, 9.17) is 0 Å². The number of fused-ring (bicyclic) bond motifs is 1. The second-order valence-electron chi connectivity index (χ2n) is 6.07. The molecule has 2 heterocycles. The van der Waals surface area contributed by atoms with Crippen LogP contribution in [0.4, 0.5) is 0 Å². The highest BCUT2D eigenvalue weighted by molar-refractivity contribution is 5.96. The first-order chi connectivity index (χ1) is 11.7. The molecule has 1 aliphatic carbocycles. The molecule has 4 nitrogen and oxygen atoms in total. The zero-order chi connectivity index (χ0) is 17.3. The van der Waals surface area contributed by atoms with E-state index in [1.165, 1.54) is 0 Å². The molecule has 0 atom stereocenters. The lowest BCUT2D eigenvalue weighted by Gasteiger charge is -2.14. The first kappa shape index (κ1) is 16.5. The molecule has 0 aliphatic heterocycles. The van der Waals surface area contributed by atoms with E-state index in [1.807, 2.05) is 56.1 Å². The van der Waals surface area contributed by atoms with Crippen molar-refractivity contribution in [2.75, 3.05) is 0 Å². The van der Waals surface area contributed by atoms with Crippen LogP contribution in [0.25, 0.3) is 21.9 Å². The number of rotatable bonds is 3. The van der Waals surface area contributed by atoms with E-state index in [0.29, 0.717) is 6.04 Å². The van der Waals surface area contributed by atoms with E-state index < -0.39 is 0 Å². The Bertz CT molecular complexity index is 916. The summed E-state index contributed by atoms with van der Waals surface area (Å²) in [5.74, 6) is 0. The van der Waals surface area contributed by atoms with E-state index in [9.17, 15) is 4.79 Å². The van der Waals surface area contributed by atoms with Gasteiger partial charge in [-0.1, -0.05) is 39.0 Å². The van der Waals surface area contributed by atoms with Gasteiger partial charge in [0.1, 0.15) is 0 Å². The molecule has 1 aromatic carbocycles. The molecule has 0 amide bonds. The van der Waals surface area contributed by atoms with Crippen LogP contribution < -0.4 is 5.56 Å². The van der Waals surface area contributed by atoms with Crippen molar-refractivity contribution >= 4 is 10.8 Å². The Kier molecular flexibility index (Phi) is 4.56. The third-order valence-corrected chi connectivity index (χ3v) is 4.45. The van der Waals surface area contributed by atoms with Gasteiger partial charge in [0.05, 0.1) is 11.6 Å². The van der Waals surface area contributed by atoms with Gasteiger partial charge in [0.2, 0.25) is 0 Å². The molecule has 0 saturated heterocycles. The van der Waals surface area contributed by atoms with Crippen molar-refractivity contribution < 1.29 is 0 Å². The molecule has 3 aromatic rings. The molecule has 1 saturated carbocycles. The number of aromatic nitrogens is 3. The molecule has 1 aliphatic rings. The second kappa shape index (κ2) is 6.63. The monoisotopic (exact) mass is 323 g/mol. The summed E-state index contributed by atoms with van der Waals surface area (Å²) >= 11 is 0. The normalized spacial score (nSPS) is 13.7. The quantitative estimate of drug-likeness (QED) is 0.720. The molecule has 24 heavy (non-hydrogen) atoms. The molecule has 0 bridgehead atoms. The zero-order valence-electron chi connectivity index (χ0n) is 14.9. The highest BCUT2D eigenvalue weighted by Crippen LogP contribution is 2.36. The van der Waals surface area contributed by atoms with Crippen LogP contribution in [0.1, 0.15) is 45.3 Å². The van der Waals surface area contributed by atoms with Crippen LogP contribution in [0.3, 0.4) is 0 Å². The molecule has 0 N–H and O–H groups in total. The summed E-state index contributed by atoms with van der Waals surface area (Å²) in [6.45, 7) is 6.12. The van der Waals surface area contributed by atoms with Crippen molar-refractivity contribution in [2.45, 2.75) is 46.1 Å². The van der Waals surface area contributed by atoms with E-state index in [-0.39, 0.29) is 5.56 Å². The standard InChI is InChI=1S/C18H19N3O.C2H6/c1-3-14-9-12-5-4-6-16(13-10-19-20(2)11-13)17(12)18(22)21(14)15-7-8-15;1-2/h4-6,9-11,15H,3,7-8H2,1-2H3;1-2H3. The van der Waals surface area contributed by atoms with Crippen LogP contribution in [0.2, 0.25) is 0 Å². The van der Waals surface area contributed by atoms with Crippen molar-refractivity contribution in [1.82, 2.24) is 14.3 Å². The Labute approximate surface area is 142 Å². The average Bonchev–Trinajstić information content (AvgIpc) is 3.35. The van der Waals surface area contributed by atoms with Crippen molar-refractivity contribution in [3.63, 3.8) is 0 Å². The lowest BCUT2D eigenvalue weighted by atomic mass is 10.0. The van der Waals surface area contributed by atoms with E-state index in [0.717, 1.165) is 46.9 Å². The molecule has 0 spiro atoms. The van der Waals surface area contributed by atoms with Crippen LogP contribution >= 0.6 is 0 Å². The Morgan fingerprint density at radius 2 is 2.00 bits per heavy atom. The van der Waals surface area contributed by atoms with Crippen LogP contribution in [0.15, 0.2) is 41.5 Å². The Morgan fingerprint density at radius 3 is 2.58 bits per heavy atom. The van der Waals surface area contributed by atoms with Gasteiger partial charge in [-0.25, -0.2) is 0 Å². The molecule has 0 radical (unpaired) electrons. The summed E-state index contributed by atoms with van der Waals surface area (Å²) in [5, 5.41) is 6.09. The van der Waals surface area contributed by atoms with Gasteiger partial charge in [-0.05, 0) is 36.3 Å². The van der Waals surface area contributed by atoms with Crippen LogP contribution in [-0.4, -0.2) is 14.3 Å².